The monoisotopic (exact) mass is 350 g/mol. The summed E-state index contributed by atoms with van der Waals surface area (Å²) in [5.41, 5.74) is 0.0779. The first-order valence-corrected chi connectivity index (χ1v) is 7.68. The smallest absolute Gasteiger partial charge is 0.349 e. The van der Waals surface area contributed by atoms with Crippen LogP contribution < -0.4 is 10.1 Å². The summed E-state index contributed by atoms with van der Waals surface area (Å²) >= 11 is 1.21. The van der Waals surface area contributed by atoms with Crippen LogP contribution in [0.1, 0.15) is 16.6 Å². The summed E-state index contributed by atoms with van der Waals surface area (Å²) in [6.45, 7) is 1.43. The fraction of sp³-hybridized carbons (Fsp3) is 0.200. The van der Waals surface area contributed by atoms with Gasteiger partial charge in [0.2, 0.25) is 0 Å². The van der Waals surface area contributed by atoms with E-state index in [4.69, 9.17) is 9.47 Å². The minimum absolute atomic E-state index is 0.134. The second kappa shape index (κ2) is 7.55. The lowest BCUT2D eigenvalue weighted by Gasteiger charge is -2.14. The third-order valence-electron chi connectivity index (χ3n) is 3.03. The number of esters is 1. The predicted molar refractivity (Wildman–Crippen MR) is 87.5 cm³/mol. The molecule has 1 aromatic carbocycles. The summed E-state index contributed by atoms with van der Waals surface area (Å²) in [7, 11) is 1.33. The molecule has 1 aromatic heterocycles. The van der Waals surface area contributed by atoms with E-state index >= 15 is 0 Å². The minimum Gasteiger partial charge on any atom is -0.494 e. The number of carbonyl (C=O) groups excluding carboxylic acids is 2. The van der Waals surface area contributed by atoms with Crippen molar-refractivity contribution in [3.63, 3.8) is 0 Å². The first kappa shape index (κ1) is 17.4. The van der Waals surface area contributed by atoms with E-state index in [1.165, 1.54) is 43.6 Å². The highest BCUT2D eigenvalue weighted by Gasteiger charge is 2.21. The van der Waals surface area contributed by atoms with Gasteiger partial charge in [-0.1, -0.05) is 6.07 Å². The molecule has 0 bridgehead atoms. The summed E-state index contributed by atoms with van der Waals surface area (Å²) in [4.78, 5) is 34.5. The van der Waals surface area contributed by atoms with Gasteiger partial charge in [0, 0.05) is 6.07 Å². The van der Waals surface area contributed by atoms with Crippen LogP contribution in [-0.2, 0) is 9.53 Å². The Kier molecular flexibility index (Phi) is 5.48. The summed E-state index contributed by atoms with van der Waals surface area (Å²) in [5.74, 6) is -1.04. The van der Waals surface area contributed by atoms with Gasteiger partial charge in [0.1, 0.15) is 10.6 Å². The molecule has 8 nitrogen and oxygen atoms in total. The van der Waals surface area contributed by atoms with E-state index in [1.807, 2.05) is 0 Å². The summed E-state index contributed by atoms with van der Waals surface area (Å²) < 4.78 is 10.1. The van der Waals surface area contributed by atoms with Crippen LogP contribution in [0.5, 0.6) is 5.75 Å². The topological polar surface area (TPSA) is 108 Å². The van der Waals surface area contributed by atoms with Crippen molar-refractivity contribution in [2.24, 2.45) is 0 Å². The molecule has 2 rings (SSSR count). The number of carbonyl (C=O) groups is 2. The molecule has 126 valence electrons. The normalized spacial score (nSPS) is 11.4. The van der Waals surface area contributed by atoms with Crippen molar-refractivity contribution in [3.05, 3.63) is 50.7 Å². The maximum absolute atomic E-state index is 12.1. The van der Waals surface area contributed by atoms with E-state index in [9.17, 15) is 19.7 Å². The molecule has 0 aliphatic carbocycles. The molecule has 1 atom stereocenters. The van der Waals surface area contributed by atoms with Gasteiger partial charge in [-0.2, -0.15) is 0 Å². The number of methoxy groups -OCH3 is 1. The highest BCUT2D eigenvalue weighted by Crippen LogP contribution is 2.29. The number of rotatable bonds is 6. The molecule has 2 aromatic rings. The molecule has 0 fully saturated rings. The predicted octanol–water partition coefficient (Wildman–Crippen LogP) is 2.85. The number of hydrogen-bond acceptors (Lipinski definition) is 7. The van der Waals surface area contributed by atoms with Gasteiger partial charge in [-0.25, -0.2) is 4.79 Å². The lowest BCUT2D eigenvalue weighted by Crippen LogP contribution is -2.29. The summed E-state index contributed by atoms with van der Waals surface area (Å²) in [6.07, 6.45) is -1.04. The van der Waals surface area contributed by atoms with E-state index in [0.717, 1.165) is 0 Å². The van der Waals surface area contributed by atoms with Crippen molar-refractivity contribution >= 4 is 34.6 Å². The van der Waals surface area contributed by atoms with Crippen molar-refractivity contribution in [1.29, 1.82) is 0 Å². The summed E-state index contributed by atoms with van der Waals surface area (Å²) in [5, 5.41) is 15.0. The zero-order chi connectivity index (χ0) is 17.7. The number of hydrogen-bond donors (Lipinski definition) is 1. The zero-order valence-electron chi connectivity index (χ0n) is 12.8. The van der Waals surface area contributed by atoms with Gasteiger partial charge < -0.3 is 14.8 Å². The Labute approximate surface area is 141 Å². The van der Waals surface area contributed by atoms with E-state index in [-0.39, 0.29) is 17.1 Å². The van der Waals surface area contributed by atoms with Crippen LogP contribution in [-0.4, -0.2) is 30.0 Å². The standard InChI is InChI=1S/C15H14N2O6S/c1-9(23-15(19)13-4-3-7-24-13)14(18)16-11-6-5-10(17(20)21)8-12(11)22-2/h3-9H,1-2H3,(H,16,18). The molecule has 0 saturated heterocycles. The van der Waals surface area contributed by atoms with Gasteiger partial charge in [0.05, 0.1) is 23.8 Å². The fourth-order valence-corrected chi connectivity index (χ4v) is 2.40. The van der Waals surface area contributed by atoms with Gasteiger partial charge in [-0.3, -0.25) is 14.9 Å². The lowest BCUT2D eigenvalue weighted by atomic mass is 10.2. The Morgan fingerprint density at radius 2 is 2.08 bits per heavy atom. The first-order valence-electron chi connectivity index (χ1n) is 6.80. The number of anilines is 1. The Balaban J connectivity index is 2.05. The van der Waals surface area contributed by atoms with Gasteiger partial charge in [0.25, 0.3) is 11.6 Å². The van der Waals surface area contributed by atoms with E-state index in [2.05, 4.69) is 5.32 Å². The number of ether oxygens (including phenoxy) is 2. The van der Waals surface area contributed by atoms with Gasteiger partial charge >= 0.3 is 5.97 Å². The molecule has 1 N–H and O–H groups in total. The van der Waals surface area contributed by atoms with E-state index in [0.29, 0.717) is 4.88 Å². The maximum Gasteiger partial charge on any atom is 0.349 e. The molecule has 1 heterocycles. The van der Waals surface area contributed by atoms with Crippen molar-refractivity contribution in [2.45, 2.75) is 13.0 Å². The van der Waals surface area contributed by atoms with Gasteiger partial charge in [0.15, 0.2) is 6.10 Å². The van der Waals surface area contributed by atoms with Gasteiger partial charge in [-0.15, -0.1) is 11.3 Å². The molecule has 9 heteroatoms. The average molecular weight is 350 g/mol. The second-order valence-corrected chi connectivity index (χ2v) is 5.60. The lowest BCUT2D eigenvalue weighted by molar-refractivity contribution is -0.384. The average Bonchev–Trinajstić information content (AvgIpc) is 3.09. The highest BCUT2D eigenvalue weighted by molar-refractivity contribution is 7.11. The van der Waals surface area contributed by atoms with E-state index in [1.54, 1.807) is 17.5 Å². The molecule has 24 heavy (non-hydrogen) atoms. The van der Waals surface area contributed by atoms with Gasteiger partial charge in [-0.05, 0) is 24.4 Å². The third kappa shape index (κ3) is 4.07. The van der Waals surface area contributed by atoms with Crippen LogP contribution in [0.3, 0.4) is 0 Å². The van der Waals surface area contributed by atoms with Crippen molar-refractivity contribution in [3.8, 4) is 5.75 Å². The second-order valence-electron chi connectivity index (χ2n) is 4.66. The quantitative estimate of drug-likeness (QED) is 0.487. The highest BCUT2D eigenvalue weighted by atomic mass is 32.1. The number of thiophene rings is 1. The molecule has 1 unspecified atom stereocenters. The molecule has 0 radical (unpaired) electrons. The molecular formula is C15H14N2O6S. The zero-order valence-corrected chi connectivity index (χ0v) is 13.7. The number of non-ortho nitro benzene ring substituents is 1. The first-order chi connectivity index (χ1) is 11.4. The van der Waals surface area contributed by atoms with Crippen molar-refractivity contribution in [1.82, 2.24) is 0 Å². The molecule has 1 amide bonds. The largest absolute Gasteiger partial charge is 0.494 e. The van der Waals surface area contributed by atoms with Crippen LogP contribution in [0.4, 0.5) is 11.4 Å². The van der Waals surface area contributed by atoms with Crippen LogP contribution in [0.2, 0.25) is 0 Å². The van der Waals surface area contributed by atoms with Crippen molar-refractivity contribution < 1.29 is 24.0 Å². The van der Waals surface area contributed by atoms with Crippen molar-refractivity contribution in [2.75, 3.05) is 12.4 Å². The van der Waals surface area contributed by atoms with Crippen LogP contribution in [0.15, 0.2) is 35.7 Å². The van der Waals surface area contributed by atoms with Crippen LogP contribution in [0, 0.1) is 10.1 Å². The Bertz CT molecular complexity index is 759. The SMILES string of the molecule is COc1cc([N+](=O)[O-])ccc1NC(=O)C(C)OC(=O)c1cccs1. The number of nitro benzene ring substituents is 1. The maximum atomic E-state index is 12.1. The fourth-order valence-electron chi connectivity index (χ4n) is 1.80. The Morgan fingerprint density at radius 1 is 1.33 bits per heavy atom. The molecule has 0 spiro atoms. The van der Waals surface area contributed by atoms with Crippen LogP contribution >= 0.6 is 11.3 Å². The minimum atomic E-state index is -1.04. The Hall–Kier alpha value is -2.94. The van der Waals surface area contributed by atoms with E-state index < -0.39 is 22.9 Å². The molecule has 0 aliphatic rings. The number of nitrogens with zero attached hydrogens (tertiary/aromatic N) is 1. The van der Waals surface area contributed by atoms with Crippen LogP contribution in [0.25, 0.3) is 0 Å². The number of benzene rings is 1. The number of nitro groups is 1. The molecule has 0 aliphatic heterocycles. The molecule has 0 saturated carbocycles. The molecular weight excluding hydrogens is 336 g/mol. The Morgan fingerprint density at radius 3 is 2.67 bits per heavy atom. The number of amides is 1. The number of nitrogens with one attached hydrogen (secondary N) is 1. The third-order valence-corrected chi connectivity index (χ3v) is 3.88. The summed E-state index contributed by atoms with van der Waals surface area (Å²) in [6, 6.07) is 7.08.